The minimum absolute atomic E-state index is 0.00926. The molecule has 0 aromatic heterocycles. The molecule has 0 radical (unpaired) electrons. The lowest BCUT2D eigenvalue weighted by atomic mass is 9.95. The van der Waals surface area contributed by atoms with E-state index in [-0.39, 0.29) is 6.04 Å². The molecule has 0 spiro atoms. The van der Waals surface area contributed by atoms with E-state index in [0.717, 1.165) is 12.2 Å². The van der Waals surface area contributed by atoms with Crippen molar-refractivity contribution in [3.8, 4) is 5.75 Å². The first-order chi connectivity index (χ1) is 9.51. The van der Waals surface area contributed by atoms with Crippen LogP contribution in [0.4, 0.5) is 0 Å². The van der Waals surface area contributed by atoms with Crippen molar-refractivity contribution in [2.75, 3.05) is 7.11 Å². The minimum Gasteiger partial charge on any atom is -0.496 e. The molecule has 0 bridgehead atoms. The van der Waals surface area contributed by atoms with Crippen molar-refractivity contribution in [1.82, 2.24) is 0 Å². The average molecular weight is 269 g/mol. The summed E-state index contributed by atoms with van der Waals surface area (Å²) < 4.78 is 5.42. The molecule has 0 saturated heterocycles. The molecule has 106 valence electrons. The molecule has 2 aromatic rings. The van der Waals surface area contributed by atoms with E-state index in [2.05, 4.69) is 51.1 Å². The number of aryl methyl sites for hydroxylation is 3. The molecule has 1 atom stereocenters. The zero-order valence-electron chi connectivity index (χ0n) is 12.7. The van der Waals surface area contributed by atoms with Crippen LogP contribution in [0.2, 0.25) is 0 Å². The van der Waals surface area contributed by atoms with Gasteiger partial charge in [0.05, 0.1) is 7.11 Å². The molecule has 0 heterocycles. The zero-order chi connectivity index (χ0) is 14.7. The van der Waals surface area contributed by atoms with E-state index >= 15 is 0 Å². The number of hydrogen-bond acceptors (Lipinski definition) is 2. The first-order valence-corrected chi connectivity index (χ1v) is 6.97. The predicted octanol–water partition coefficient (Wildman–Crippen LogP) is 3.86. The Balaban J connectivity index is 2.24. The Hall–Kier alpha value is -1.80. The van der Waals surface area contributed by atoms with E-state index < -0.39 is 0 Å². The molecule has 0 aliphatic rings. The molecule has 0 saturated carbocycles. The van der Waals surface area contributed by atoms with Gasteiger partial charge in [0, 0.05) is 6.04 Å². The Labute approximate surface area is 121 Å². The highest BCUT2D eigenvalue weighted by molar-refractivity contribution is 5.39. The van der Waals surface area contributed by atoms with Gasteiger partial charge < -0.3 is 10.5 Å². The lowest BCUT2D eigenvalue weighted by Crippen LogP contribution is -2.14. The number of rotatable bonds is 4. The third-order valence-corrected chi connectivity index (χ3v) is 3.83. The Morgan fingerprint density at radius 3 is 2.40 bits per heavy atom. The van der Waals surface area contributed by atoms with Crippen LogP contribution in [0.15, 0.2) is 36.4 Å². The Kier molecular flexibility index (Phi) is 4.46. The normalized spacial score (nSPS) is 12.2. The second kappa shape index (κ2) is 6.10. The fourth-order valence-electron chi connectivity index (χ4n) is 2.42. The van der Waals surface area contributed by atoms with Gasteiger partial charge in [0.25, 0.3) is 0 Å². The van der Waals surface area contributed by atoms with Crippen LogP contribution < -0.4 is 10.5 Å². The van der Waals surface area contributed by atoms with Crippen LogP contribution in [-0.2, 0) is 6.42 Å². The van der Waals surface area contributed by atoms with Gasteiger partial charge in [-0.25, -0.2) is 0 Å². The molecule has 20 heavy (non-hydrogen) atoms. The molecule has 0 amide bonds. The molecule has 0 aliphatic heterocycles. The van der Waals surface area contributed by atoms with E-state index in [0.29, 0.717) is 0 Å². The Morgan fingerprint density at radius 1 is 1.00 bits per heavy atom. The molecular formula is C18H23NO. The summed E-state index contributed by atoms with van der Waals surface area (Å²) in [6.45, 7) is 6.33. The highest BCUT2D eigenvalue weighted by Crippen LogP contribution is 2.25. The third-order valence-electron chi connectivity index (χ3n) is 3.83. The Morgan fingerprint density at radius 2 is 1.75 bits per heavy atom. The summed E-state index contributed by atoms with van der Waals surface area (Å²) in [7, 11) is 1.70. The lowest BCUT2D eigenvalue weighted by molar-refractivity contribution is 0.408. The van der Waals surface area contributed by atoms with Gasteiger partial charge in [0.2, 0.25) is 0 Å². The van der Waals surface area contributed by atoms with Gasteiger partial charge in [-0.05, 0) is 55.5 Å². The molecule has 1 unspecified atom stereocenters. The largest absolute Gasteiger partial charge is 0.496 e. The Bertz CT molecular complexity index is 604. The standard InChI is InChI=1S/C18H23NO/c1-12-5-8-18(20-4)16(9-12)11-17(19)15-7-6-13(2)14(3)10-15/h5-10,17H,11,19H2,1-4H3. The summed E-state index contributed by atoms with van der Waals surface area (Å²) in [6.07, 6.45) is 0.785. The summed E-state index contributed by atoms with van der Waals surface area (Å²) in [5.41, 5.74) is 12.5. The summed E-state index contributed by atoms with van der Waals surface area (Å²) >= 11 is 0. The molecule has 2 rings (SSSR count). The maximum absolute atomic E-state index is 6.36. The number of nitrogens with two attached hydrogens (primary N) is 1. The smallest absolute Gasteiger partial charge is 0.122 e. The number of methoxy groups -OCH3 is 1. The summed E-state index contributed by atoms with van der Waals surface area (Å²) in [5.74, 6) is 0.912. The van der Waals surface area contributed by atoms with Gasteiger partial charge in [-0.15, -0.1) is 0 Å². The molecule has 2 nitrogen and oxygen atoms in total. The van der Waals surface area contributed by atoms with Gasteiger partial charge in [-0.3, -0.25) is 0 Å². The van der Waals surface area contributed by atoms with Crippen LogP contribution >= 0.6 is 0 Å². The van der Waals surface area contributed by atoms with Crippen molar-refractivity contribution < 1.29 is 4.74 Å². The molecule has 2 aromatic carbocycles. The van der Waals surface area contributed by atoms with E-state index in [1.807, 2.05) is 6.07 Å². The quantitative estimate of drug-likeness (QED) is 0.914. The first-order valence-electron chi connectivity index (χ1n) is 6.97. The third kappa shape index (κ3) is 3.20. The minimum atomic E-state index is -0.00926. The molecule has 2 heteroatoms. The molecule has 0 aliphatic carbocycles. The number of benzene rings is 2. The van der Waals surface area contributed by atoms with Crippen LogP contribution in [0.3, 0.4) is 0 Å². The molecule has 2 N–H and O–H groups in total. The second-order valence-electron chi connectivity index (χ2n) is 5.47. The van der Waals surface area contributed by atoms with E-state index in [9.17, 15) is 0 Å². The van der Waals surface area contributed by atoms with Gasteiger partial charge in [0.15, 0.2) is 0 Å². The lowest BCUT2D eigenvalue weighted by Gasteiger charge is -2.16. The average Bonchev–Trinajstić information content (AvgIpc) is 2.42. The van der Waals surface area contributed by atoms with E-state index in [4.69, 9.17) is 10.5 Å². The van der Waals surface area contributed by atoms with Crippen molar-refractivity contribution in [2.45, 2.75) is 33.2 Å². The topological polar surface area (TPSA) is 35.2 Å². The number of ether oxygens (including phenoxy) is 1. The van der Waals surface area contributed by atoms with Gasteiger partial charge in [0.1, 0.15) is 5.75 Å². The zero-order valence-corrected chi connectivity index (χ0v) is 12.7. The maximum Gasteiger partial charge on any atom is 0.122 e. The van der Waals surface area contributed by atoms with Crippen molar-refractivity contribution in [3.63, 3.8) is 0 Å². The number of hydrogen-bond donors (Lipinski definition) is 1. The van der Waals surface area contributed by atoms with Crippen LogP contribution in [-0.4, -0.2) is 7.11 Å². The van der Waals surface area contributed by atoms with Crippen LogP contribution in [0.5, 0.6) is 5.75 Å². The van der Waals surface area contributed by atoms with Gasteiger partial charge >= 0.3 is 0 Å². The monoisotopic (exact) mass is 269 g/mol. The second-order valence-corrected chi connectivity index (χ2v) is 5.47. The van der Waals surface area contributed by atoms with Crippen LogP contribution in [0.1, 0.15) is 33.9 Å². The first kappa shape index (κ1) is 14.6. The highest BCUT2D eigenvalue weighted by atomic mass is 16.5. The predicted molar refractivity (Wildman–Crippen MR) is 84.3 cm³/mol. The molecular weight excluding hydrogens is 246 g/mol. The van der Waals surface area contributed by atoms with Gasteiger partial charge in [-0.2, -0.15) is 0 Å². The van der Waals surface area contributed by atoms with E-state index in [1.165, 1.54) is 27.8 Å². The van der Waals surface area contributed by atoms with Crippen molar-refractivity contribution in [2.24, 2.45) is 5.73 Å². The van der Waals surface area contributed by atoms with Crippen molar-refractivity contribution in [1.29, 1.82) is 0 Å². The maximum atomic E-state index is 6.36. The summed E-state index contributed by atoms with van der Waals surface area (Å²) in [4.78, 5) is 0. The van der Waals surface area contributed by atoms with E-state index in [1.54, 1.807) is 7.11 Å². The van der Waals surface area contributed by atoms with Crippen LogP contribution in [0, 0.1) is 20.8 Å². The molecule has 0 fully saturated rings. The summed E-state index contributed by atoms with van der Waals surface area (Å²) in [6, 6.07) is 12.7. The van der Waals surface area contributed by atoms with Gasteiger partial charge in [-0.1, -0.05) is 35.9 Å². The van der Waals surface area contributed by atoms with Crippen molar-refractivity contribution >= 4 is 0 Å². The fraction of sp³-hybridized carbons (Fsp3) is 0.333. The SMILES string of the molecule is COc1ccc(C)cc1CC(N)c1ccc(C)c(C)c1. The van der Waals surface area contributed by atoms with Crippen LogP contribution in [0.25, 0.3) is 0 Å². The van der Waals surface area contributed by atoms with Crippen molar-refractivity contribution in [3.05, 3.63) is 64.2 Å². The fourth-order valence-corrected chi connectivity index (χ4v) is 2.42. The summed E-state index contributed by atoms with van der Waals surface area (Å²) in [5, 5.41) is 0. The highest BCUT2D eigenvalue weighted by Gasteiger charge is 2.11.